The average Bonchev–Trinajstić information content (AvgIpc) is 2.77. The summed E-state index contributed by atoms with van der Waals surface area (Å²) in [4.78, 5) is 17.1. The highest BCUT2D eigenvalue weighted by Crippen LogP contribution is 2.40. The Bertz CT molecular complexity index is 515. The first-order chi connectivity index (χ1) is 9.62. The van der Waals surface area contributed by atoms with Crippen molar-refractivity contribution < 1.29 is 19.0 Å². The summed E-state index contributed by atoms with van der Waals surface area (Å²) >= 11 is 0. The number of hydrogen-bond acceptors (Lipinski definition) is 4. The van der Waals surface area contributed by atoms with Crippen molar-refractivity contribution in [2.45, 2.75) is 31.3 Å². The molecule has 5 nitrogen and oxygen atoms in total. The number of halogens is 1. The molecule has 0 atom stereocenters. The van der Waals surface area contributed by atoms with Crippen LogP contribution < -0.4 is 4.90 Å². The van der Waals surface area contributed by atoms with E-state index in [2.05, 4.69) is 4.98 Å². The van der Waals surface area contributed by atoms with E-state index in [1.165, 1.54) is 17.0 Å². The number of carbonyl (C=O) groups excluding carboxylic acids is 1. The molecular weight excluding hydrogens is 263 g/mol. The molecule has 2 heterocycles. The molecule has 1 saturated carbocycles. The van der Waals surface area contributed by atoms with Gasteiger partial charge in [0.1, 0.15) is 11.4 Å². The van der Waals surface area contributed by atoms with Gasteiger partial charge in [0.25, 0.3) is 0 Å². The summed E-state index contributed by atoms with van der Waals surface area (Å²) in [5, 5.41) is 9.16. The monoisotopic (exact) mass is 280 g/mol. The molecule has 1 aromatic rings. The number of ether oxygens (including phenoxy) is 1. The van der Waals surface area contributed by atoms with Crippen molar-refractivity contribution >= 4 is 11.9 Å². The predicted octanol–water partition coefficient (Wildman–Crippen LogP) is 2.10. The first-order valence-electron chi connectivity index (χ1n) is 6.86. The number of carbonyl (C=O) groups is 1. The van der Waals surface area contributed by atoms with Crippen molar-refractivity contribution in [2.24, 2.45) is 5.92 Å². The summed E-state index contributed by atoms with van der Waals surface area (Å²) in [7, 11) is 0. The van der Waals surface area contributed by atoms with Crippen LogP contribution in [-0.2, 0) is 4.74 Å². The summed E-state index contributed by atoms with van der Waals surface area (Å²) < 4.78 is 18.7. The Morgan fingerprint density at radius 1 is 1.45 bits per heavy atom. The van der Waals surface area contributed by atoms with Crippen molar-refractivity contribution in [3.63, 3.8) is 0 Å². The molecule has 1 aliphatic heterocycles. The molecule has 2 aliphatic rings. The molecule has 1 spiro atoms. The molecule has 0 bridgehead atoms. The second-order valence-corrected chi connectivity index (χ2v) is 5.58. The highest BCUT2D eigenvalue weighted by molar-refractivity contribution is 5.89. The minimum absolute atomic E-state index is 0.180. The Balaban J connectivity index is 1.76. The van der Waals surface area contributed by atoms with E-state index in [4.69, 9.17) is 9.84 Å². The zero-order chi connectivity index (χ0) is 14.2. The van der Waals surface area contributed by atoms with Gasteiger partial charge in [-0.2, -0.15) is 4.39 Å². The third-order valence-corrected chi connectivity index (χ3v) is 4.22. The molecule has 1 aliphatic carbocycles. The van der Waals surface area contributed by atoms with E-state index < -0.39 is 17.6 Å². The van der Waals surface area contributed by atoms with Gasteiger partial charge in [0.05, 0.1) is 6.54 Å². The van der Waals surface area contributed by atoms with Gasteiger partial charge in [-0.1, -0.05) is 6.07 Å². The van der Waals surface area contributed by atoms with E-state index in [9.17, 15) is 9.18 Å². The number of amides is 1. The largest absolute Gasteiger partial charge is 0.441 e. The molecule has 0 aromatic carbocycles. The van der Waals surface area contributed by atoms with E-state index in [-0.39, 0.29) is 12.4 Å². The summed E-state index contributed by atoms with van der Waals surface area (Å²) in [6, 6.07) is 4.37. The zero-order valence-electron chi connectivity index (χ0n) is 11.1. The Hall–Kier alpha value is -1.69. The van der Waals surface area contributed by atoms with Gasteiger partial charge in [-0.3, -0.25) is 4.90 Å². The maximum Gasteiger partial charge on any atom is 0.416 e. The second kappa shape index (κ2) is 5.01. The molecule has 0 radical (unpaired) electrons. The standard InChI is InChI=1S/C14H17FN2O3/c15-11-2-1-3-12(16-11)17-9-14(20-13(17)19)6-4-10(8-18)5-7-14/h1-3,10,18H,4-9H2. The van der Waals surface area contributed by atoms with Crippen LogP contribution in [-0.4, -0.2) is 34.9 Å². The Kier molecular flexibility index (Phi) is 3.33. The van der Waals surface area contributed by atoms with Gasteiger partial charge in [0.15, 0.2) is 0 Å². The molecule has 1 amide bonds. The van der Waals surface area contributed by atoms with Gasteiger partial charge in [-0.15, -0.1) is 0 Å². The molecule has 1 N–H and O–H groups in total. The van der Waals surface area contributed by atoms with Crippen molar-refractivity contribution in [1.29, 1.82) is 0 Å². The summed E-state index contributed by atoms with van der Waals surface area (Å²) in [5.74, 6) is -0.0305. The number of hydrogen-bond donors (Lipinski definition) is 1. The summed E-state index contributed by atoms with van der Waals surface area (Å²) in [6.45, 7) is 0.583. The fourth-order valence-electron chi connectivity index (χ4n) is 2.99. The van der Waals surface area contributed by atoms with Crippen LogP contribution in [0.25, 0.3) is 0 Å². The lowest BCUT2D eigenvalue weighted by molar-refractivity contribution is 0.00557. The molecule has 2 fully saturated rings. The SMILES string of the molecule is O=C1OC2(CCC(CO)CC2)CN1c1cccc(F)n1. The van der Waals surface area contributed by atoms with Crippen molar-refractivity contribution in [3.8, 4) is 0 Å². The number of rotatable bonds is 2. The lowest BCUT2D eigenvalue weighted by Gasteiger charge is -2.34. The Morgan fingerprint density at radius 3 is 2.85 bits per heavy atom. The summed E-state index contributed by atoms with van der Waals surface area (Å²) in [5.41, 5.74) is -0.503. The normalized spacial score (nSPS) is 29.8. The maximum atomic E-state index is 13.2. The summed E-state index contributed by atoms with van der Waals surface area (Å²) in [6.07, 6.45) is 2.68. The lowest BCUT2D eigenvalue weighted by atomic mass is 9.79. The molecule has 1 aromatic heterocycles. The van der Waals surface area contributed by atoms with Gasteiger partial charge < -0.3 is 9.84 Å². The molecule has 20 heavy (non-hydrogen) atoms. The second-order valence-electron chi connectivity index (χ2n) is 5.58. The highest BCUT2D eigenvalue weighted by Gasteiger charge is 2.47. The fraction of sp³-hybridized carbons (Fsp3) is 0.571. The van der Waals surface area contributed by atoms with Crippen LogP contribution in [0.2, 0.25) is 0 Å². The third-order valence-electron chi connectivity index (χ3n) is 4.22. The Morgan fingerprint density at radius 2 is 2.20 bits per heavy atom. The fourth-order valence-corrected chi connectivity index (χ4v) is 2.99. The molecule has 0 unspecified atom stereocenters. The molecular formula is C14H17FN2O3. The lowest BCUT2D eigenvalue weighted by Crippen LogP contribution is -2.39. The number of aliphatic hydroxyl groups excluding tert-OH is 1. The number of nitrogens with zero attached hydrogens (tertiary/aromatic N) is 2. The van der Waals surface area contributed by atoms with Gasteiger partial charge >= 0.3 is 6.09 Å². The minimum atomic E-state index is -0.611. The van der Waals surface area contributed by atoms with Gasteiger partial charge in [0, 0.05) is 6.61 Å². The predicted molar refractivity (Wildman–Crippen MR) is 69.8 cm³/mol. The average molecular weight is 280 g/mol. The van der Waals surface area contributed by atoms with Crippen molar-refractivity contribution in [3.05, 3.63) is 24.1 Å². The molecule has 108 valence electrons. The molecule has 6 heteroatoms. The van der Waals surface area contributed by atoms with Gasteiger partial charge in [0.2, 0.25) is 5.95 Å². The quantitative estimate of drug-likeness (QED) is 0.843. The van der Waals surface area contributed by atoms with Crippen LogP contribution in [0, 0.1) is 11.9 Å². The molecule has 1 saturated heterocycles. The highest BCUT2D eigenvalue weighted by atomic mass is 19.1. The van der Waals surface area contributed by atoms with Gasteiger partial charge in [-0.25, -0.2) is 9.78 Å². The maximum absolute atomic E-state index is 13.2. The third kappa shape index (κ3) is 2.35. The Labute approximate surface area is 116 Å². The zero-order valence-corrected chi connectivity index (χ0v) is 11.1. The number of aromatic nitrogens is 1. The molecule has 3 rings (SSSR count). The van der Waals surface area contributed by atoms with Gasteiger partial charge in [-0.05, 0) is 43.7 Å². The van der Waals surface area contributed by atoms with Crippen LogP contribution >= 0.6 is 0 Å². The smallest absolute Gasteiger partial charge is 0.416 e. The van der Waals surface area contributed by atoms with Crippen LogP contribution in [0.15, 0.2) is 18.2 Å². The minimum Gasteiger partial charge on any atom is -0.441 e. The first-order valence-corrected chi connectivity index (χ1v) is 6.86. The van der Waals surface area contributed by atoms with E-state index >= 15 is 0 Å². The topological polar surface area (TPSA) is 62.7 Å². The van der Waals surface area contributed by atoms with Crippen LogP contribution in [0.3, 0.4) is 0 Å². The van der Waals surface area contributed by atoms with E-state index in [1.54, 1.807) is 6.07 Å². The number of pyridine rings is 1. The first kappa shape index (κ1) is 13.3. The van der Waals surface area contributed by atoms with E-state index in [0.717, 1.165) is 25.7 Å². The van der Waals surface area contributed by atoms with E-state index in [0.29, 0.717) is 12.5 Å². The number of anilines is 1. The van der Waals surface area contributed by atoms with Crippen molar-refractivity contribution in [1.82, 2.24) is 4.98 Å². The number of aliphatic hydroxyl groups is 1. The van der Waals surface area contributed by atoms with Crippen molar-refractivity contribution in [2.75, 3.05) is 18.1 Å². The van der Waals surface area contributed by atoms with Crippen LogP contribution in [0.4, 0.5) is 15.0 Å². The van der Waals surface area contributed by atoms with Crippen LogP contribution in [0.1, 0.15) is 25.7 Å². The van der Waals surface area contributed by atoms with E-state index in [1.807, 2.05) is 0 Å². The van der Waals surface area contributed by atoms with Crippen LogP contribution in [0.5, 0.6) is 0 Å².